The Labute approximate surface area is 163 Å². The predicted octanol–water partition coefficient (Wildman–Crippen LogP) is 2.69. The molecule has 7 nitrogen and oxygen atoms in total. The topological polar surface area (TPSA) is 87.7 Å². The lowest BCUT2D eigenvalue weighted by Gasteiger charge is -2.35. The summed E-state index contributed by atoms with van der Waals surface area (Å²) in [5, 5.41) is 5.66. The molecule has 1 aliphatic heterocycles. The molecule has 0 aliphatic carbocycles. The van der Waals surface area contributed by atoms with Gasteiger partial charge in [-0.3, -0.25) is 9.59 Å². The minimum absolute atomic E-state index is 0.0310. The maximum Gasteiger partial charge on any atom is 0.407 e. The van der Waals surface area contributed by atoms with Gasteiger partial charge in [-0.05, 0) is 32.1 Å². The number of carbonyl (C=O) groups excluding carboxylic acids is 3. The Morgan fingerprint density at radius 3 is 2.52 bits per heavy atom. The third kappa shape index (κ3) is 8.18. The number of likely N-dealkylation sites (tertiary alicyclic amines) is 1. The lowest BCUT2D eigenvalue weighted by Crippen LogP contribution is -2.54. The predicted molar refractivity (Wildman–Crippen MR) is 105 cm³/mol. The molecule has 0 aromatic heterocycles. The summed E-state index contributed by atoms with van der Waals surface area (Å²) < 4.78 is 4.91. The Morgan fingerprint density at radius 1 is 1.15 bits per heavy atom. The molecule has 0 spiro atoms. The first-order valence-electron chi connectivity index (χ1n) is 10.4. The fourth-order valence-electron chi connectivity index (χ4n) is 3.31. The highest BCUT2D eigenvalue weighted by Gasteiger charge is 2.34. The van der Waals surface area contributed by atoms with Crippen molar-refractivity contribution in [1.29, 1.82) is 0 Å². The standard InChI is InChI=1S/C20H37N3O4/c1-5-7-8-9-12-21-18(24)16-11-10-13-23(14-16)19(25)17(15(3)4)22-20(26)27-6-2/h15-17H,5-14H2,1-4H3,(H,21,24)(H,22,26). The van der Waals surface area contributed by atoms with E-state index in [9.17, 15) is 14.4 Å². The summed E-state index contributed by atoms with van der Waals surface area (Å²) in [4.78, 5) is 38.8. The molecule has 0 aromatic carbocycles. The van der Waals surface area contributed by atoms with Crippen LogP contribution in [-0.4, -0.2) is 55.1 Å². The quantitative estimate of drug-likeness (QED) is 0.568. The van der Waals surface area contributed by atoms with E-state index in [0.717, 1.165) is 25.7 Å². The molecule has 2 unspecified atom stereocenters. The van der Waals surface area contributed by atoms with Gasteiger partial charge in [0.15, 0.2) is 0 Å². The van der Waals surface area contributed by atoms with Crippen LogP contribution in [0.1, 0.15) is 66.2 Å². The molecule has 27 heavy (non-hydrogen) atoms. The fraction of sp³-hybridized carbons (Fsp3) is 0.850. The molecular formula is C20H37N3O4. The fourth-order valence-corrected chi connectivity index (χ4v) is 3.31. The van der Waals surface area contributed by atoms with Gasteiger partial charge in [-0.2, -0.15) is 0 Å². The Balaban J connectivity index is 2.56. The van der Waals surface area contributed by atoms with Crippen LogP contribution in [0.2, 0.25) is 0 Å². The summed E-state index contributed by atoms with van der Waals surface area (Å²) in [6.45, 7) is 9.64. The summed E-state index contributed by atoms with van der Waals surface area (Å²) >= 11 is 0. The number of alkyl carbamates (subject to hydrolysis) is 1. The molecule has 1 fully saturated rings. The summed E-state index contributed by atoms with van der Waals surface area (Å²) in [5.41, 5.74) is 0. The molecule has 2 N–H and O–H groups in total. The first-order chi connectivity index (χ1) is 12.9. The molecule has 156 valence electrons. The van der Waals surface area contributed by atoms with E-state index >= 15 is 0 Å². The number of hydrogen-bond acceptors (Lipinski definition) is 4. The Hall–Kier alpha value is -1.79. The van der Waals surface area contributed by atoms with E-state index in [1.165, 1.54) is 12.8 Å². The van der Waals surface area contributed by atoms with E-state index < -0.39 is 12.1 Å². The zero-order chi connectivity index (χ0) is 20.2. The highest BCUT2D eigenvalue weighted by molar-refractivity contribution is 5.87. The molecule has 0 radical (unpaired) electrons. The SMILES string of the molecule is CCCCCCNC(=O)C1CCCN(C(=O)C(NC(=O)OCC)C(C)C)C1. The van der Waals surface area contributed by atoms with Crippen LogP contribution >= 0.6 is 0 Å². The zero-order valence-corrected chi connectivity index (χ0v) is 17.4. The second-order valence-corrected chi connectivity index (χ2v) is 7.56. The van der Waals surface area contributed by atoms with Crippen LogP contribution in [0.3, 0.4) is 0 Å². The van der Waals surface area contributed by atoms with Gasteiger partial charge >= 0.3 is 6.09 Å². The summed E-state index contributed by atoms with van der Waals surface area (Å²) in [6.07, 6.45) is 5.49. The first kappa shape index (κ1) is 23.2. The van der Waals surface area contributed by atoms with E-state index in [1.54, 1.807) is 11.8 Å². The van der Waals surface area contributed by atoms with Crippen LogP contribution in [0.4, 0.5) is 4.79 Å². The molecular weight excluding hydrogens is 346 g/mol. The van der Waals surface area contributed by atoms with Gasteiger partial charge in [0.2, 0.25) is 11.8 Å². The molecule has 2 atom stereocenters. The number of rotatable bonds is 10. The minimum Gasteiger partial charge on any atom is -0.450 e. The van der Waals surface area contributed by atoms with Crippen molar-refractivity contribution in [2.24, 2.45) is 11.8 Å². The average molecular weight is 384 g/mol. The largest absolute Gasteiger partial charge is 0.450 e. The smallest absolute Gasteiger partial charge is 0.407 e. The van der Waals surface area contributed by atoms with E-state index in [2.05, 4.69) is 17.6 Å². The highest BCUT2D eigenvalue weighted by atomic mass is 16.5. The third-order valence-electron chi connectivity index (χ3n) is 4.91. The lowest BCUT2D eigenvalue weighted by atomic mass is 9.95. The normalized spacial score (nSPS) is 18.1. The number of hydrogen-bond donors (Lipinski definition) is 2. The van der Waals surface area contributed by atoms with Crippen molar-refractivity contribution < 1.29 is 19.1 Å². The van der Waals surface area contributed by atoms with Crippen molar-refractivity contribution in [1.82, 2.24) is 15.5 Å². The van der Waals surface area contributed by atoms with E-state index in [0.29, 0.717) is 19.6 Å². The number of carbonyl (C=O) groups is 3. The summed E-state index contributed by atoms with van der Waals surface area (Å²) in [7, 11) is 0. The molecule has 7 heteroatoms. The number of amides is 3. The van der Waals surface area contributed by atoms with Crippen molar-refractivity contribution >= 4 is 17.9 Å². The molecule has 0 aromatic rings. The summed E-state index contributed by atoms with van der Waals surface area (Å²) in [5.74, 6) is -0.346. The molecule has 0 saturated carbocycles. The first-order valence-corrected chi connectivity index (χ1v) is 10.4. The average Bonchev–Trinajstić information content (AvgIpc) is 2.65. The minimum atomic E-state index is -0.639. The van der Waals surface area contributed by atoms with Gasteiger partial charge in [0.05, 0.1) is 12.5 Å². The van der Waals surface area contributed by atoms with Crippen LogP contribution in [0.5, 0.6) is 0 Å². The molecule has 0 bridgehead atoms. The van der Waals surface area contributed by atoms with Crippen LogP contribution in [0.15, 0.2) is 0 Å². The monoisotopic (exact) mass is 383 g/mol. The van der Waals surface area contributed by atoms with Crippen molar-refractivity contribution in [2.45, 2.75) is 72.3 Å². The second kappa shape index (κ2) is 12.6. The van der Waals surface area contributed by atoms with E-state index in [4.69, 9.17) is 4.74 Å². The number of ether oxygens (including phenoxy) is 1. The highest BCUT2D eigenvalue weighted by Crippen LogP contribution is 2.19. The summed E-state index contributed by atoms with van der Waals surface area (Å²) in [6, 6.07) is -0.639. The van der Waals surface area contributed by atoms with Crippen molar-refractivity contribution in [3.63, 3.8) is 0 Å². The zero-order valence-electron chi connectivity index (χ0n) is 17.4. The van der Waals surface area contributed by atoms with Gasteiger partial charge < -0.3 is 20.3 Å². The van der Waals surface area contributed by atoms with Crippen LogP contribution in [-0.2, 0) is 14.3 Å². The van der Waals surface area contributed by atoms with Crippen LogP contribution in [0.25, 0.3) is 0 Å². The maximum absolute atomic E-state index is 12.9. The van der Waals surface area contributed by atoms with Gasteiger partial charge in [0, 0.05) is 19.6 Å². The third-order valence-corrected chi connectivity index (χ3v) is 4.91. The molecule has 1 aliphatic rings. The molecule has 1 saturated heterocycles. The van der Waals surface area contributed by atoms with Crippen LogP contribution in [0, 0.1) is 11.8 Å². The molecule has 1 heterocycles. The lowest BCUT2D eigenvalue weighted by molar-refractivity contribution is -0.138. The van der Waals surface area contributed by atoms with E-state index in [1.807, 2.05) is 13.8 Å². The second-order valence-electron chi connectivity index (χ2n) is 7.56. The van der Waals surface area contributed by atoms with Crippen LogP contribution < -0.4 is 10.6 Å². The van der Waals surface area contributed by atoms with Crippen molar-refractivity contribution in [3.8, 4) is 0 Å². The Morgan fingerprint density at radius 2 is 1.89 bits per heavy atom. The Kier molecular flexibility index (Phi) is 10.8. The van der Waals surface area contributed by atoms with Gasteiger partial charge in [-0.25, -0.2) is 4.79 Å². The number of nitrogens with zero attached hydrogens (tertiary/aromatic N) is 1. The number of piperidine rings is 1. The molecule has 3 amide bonds. The number of nitrogens with one attached hydrogen (secondary N) is 2. The Bertz CT molecular complexity index is 482. The van der Waals surface area contributed by atoms with Gasteiger partial charge in [-0.15, -0.1) is 0 Å². The number of unbranched alkanes of at least 4 members (excludes halogenated alkanes) is 3. The van der Waals surface area contributed by atoms with Gasteiger partial charge in [-0.1, -0.05) is 40.0 Å². The van der Waals surface area contributed by atoms with Gasteiger partial charge in [0.25, 0.3) is 0 Å². The van der Waals surface area contributed by atoms with Crippen molar-refractivity contribution in [3.05, 3.63) is 0 Å². The maximum atomic E-state index is 12.9. The van der Waals surface area contributed by atoms with Gasteiger partial charge in [0.1, 0.15) is 6.04 Å². The molecule has 1 rings (SSSR count). The van der Waals surface area contributed by atoms with Crippen molar-refractivity contribution in [2.75, 3.05) is 26.2 Å². The van der Waals surface area contributed by atoms with E-state index in [-0.39, 0.29) is 30.3 Å².